The van der Waals surface area contributed by atoms with Gasteiger partial charge in [0.1, 0.15) is 11.4 Å². The van der Waals surface area contributed by atoms with Crippen molar-refractivity contribution in [3.63, 3.8) is 0 Å². The minimum absolute atomic E-state index is 0.111. The number of anilines is 1. The SMILES string of the molecule is Nc1cccc(OCC(=O)NCC2(O)CCOC2)c1. The van der Waals surface area contributed by atoms with E-state index in [2.05, 4.69) is 5.32 Å². The lowest BCUT2D eigenvalue weighted by Crippen LogP contribution is -2.44. The van der Waals surface area contributed by atoms with E-state index < -0.39 is 5.60 Å². The maximum atomic E-state index is 11.6. The molecular formula is C13H18N2O4. The van der Waals surface area contributed by atoms with Crippen LogP contribution in [-0.4, -0.2) is 43.0 Å². The molecule has 0 radical (unpaired) electrons. The van der Waals surface area contributed by atoms with Gasteiger partial charge in [-0.3, -0.25) is 4.79 Å². The summed E-state index contributed by atoms with van der Waals surface area (Å²) in [5.74, 6) is 0.251. The summed E-state index contributed by atoms with van der Waals surface area (Å²) in [4.78, 5) is 11.6. The summed E-state index contributed by atoms with van der Waals surface area (Å²) < 4.78 is 10.4. The van der Waals surface area contributed by atoms with E-state index in [4.69, 9.17) is 15.2 Å². The first-order valence-electron chi connectivity index (χ1n) is 6.13. The van der Waals surface area contributed by atoms with Crippen molar-refractivity contribution in [1.29, 1.82) is 0 Å². The summed E-state index contributed by atoms with van der Waals surface area (Å²) >= 11 is 0. The fraction of sp³-hybridized carbons (Fsp3) is 0.462. The van der Waals surface area contributed by atoms with Gasteiger partial charge in [-0.2, -0.15) is 0 Å². The zero-order valence-corrected chi connectivity index (χ0v) is 10.6. The summed E-state index contributed by atoms with van der Waals surface area (Å²) in [6.45, 7) is 0.835. The van der Waals surface area contributed by atoms with Crippen LogP contribution in [0.25, 0.3) is 0 Å². The molecule has 6 nitrogen and oxygen atoms in total. The van der Waals surface area contributed by atoms with Crippen LogP contribution in [0.15, 0.2) is 24.3 Å². The number of carbonyl (C=O) groups excluding carboxylic acids is 1. The van der Waals surface area contributed by atoms with Crippen LogP contribution in [0.4, 0.5) is 5.69 Å². The Hall–Kier alpha value is -1.79. The normalized spacial score (nSPS) is 22.2. The zero-order valence-electron chi connectivity index (χ0n) is 10.6. The largest absolute Gasteiger partial charge is 0.484 e. The molecule has 19 heavy (non-hydrogen) atoms. The van der Waals surface area contributed by atoms with E-state index in [0.717, 1.165) is 0 Å². The number of aliphatic hydroxyl groups is 1. The van der Waals surface area contributed by atoms with Crippen molar-refractivity contribution >= 4 is 11.6 Å². The van der Waals surface area contributed by atoms with Gasteiger partial charge < -0.3 is 25.6 Å². The number of nitrogens with two attached hydrogens (primary N) is 1. The van der Waals surface area contributed by atoms with Gasteiger partial charge in [0.15, 0.2) is 6.61 Å². The van der Waals surface area contributed by atoms with Gasteiger partial charge in [-0.05, 0) is 12.1 Å². The van der Waals surface area contributed by atoms with E-state index in [9.17, 15) is 9.90 Å². The molecule has 1 aromatic rings. The van der Waals surface area contributed by atoms with Crippen molar-refractivity contribution < 1.29 is 19.4 Å². The Kier molecular flexibility index (Phi) is 4.24. The van der Waals surface area contributed by atoms with Gasteiger partial charge in [0, 0.05) is 31.3 Å². The number of hydrogen-bond acceptors (Lipinski definition) is 5. The second-order valence-corrected chi connectivity index (χ2v) is 4.66. The number of nitrogen functional groups attached to an aromatic ring is 1. The predicted octanol–water partition coefficient (Wildman–Crippen LogP) is -0.0848. The van der Waals surface area contributed by atoms with Gasteiger partial charge in [0.05, 0.1) is 6.61 Å². The number of benzene rings is 1. The fourth-order valence-corrected chi connectivity index (χ4v) is 1.80. The number of rotatable bonds is 5. The van der Waals surface area contributed by atoms with Crippen molar-refractivity contribution in [3.05, 3.63) is 24.3 Å². The van der Waals surface area contributed by atoms with Crippen molar-refractivity contribution in [1.82, 2.24) is 5.32 Å². The van der Waals surface area contributed by atoms with Crippen LogP contribution in [0.1, 0.15) is 6.42 Å². The van der Waals surface area contributed by atoms with E-state index >= 15 is 0 Å². The first-order chi connectivity index (χ1) is 9.07. The summed E-state index contributed by atoms with van der Waals surface area (Å²) in [5.41, 5.74) is 5.22. The van der Waals surface area contributed by atoms with Crippen LogP contribution in [-0.2, 0) is 9.53 Å². The standard InChI is InChI=1S/C13H18N2O4/c14-10-2-1-3-11(6-10)19-7-12(16)15-8-13(17)4-5-18-9-13/h1-3,6,17H,4-5,7-9,14H2,(H,15,16). The van der Waals surface area contributed by atoms with Gasteiger partial charge >= 0.3 is 0 Å². The van der Waals surface area contributed by atoms with Crippen molar-refractivity contribution in [2.45, 2.75) is 12.0 Å². The van der Waals surface area contributed by atoms with E-state index in [-0.39, 0.29) is 25.7 Å². The average Bonchev–Trinajstić information content (AvgIpc) is 2.82. The Labute approximate surface area is 111 Å². The van der Waals surface area contributed by atoms with Gasteiger partial charge in [0.2, 0.25) is 0 Å². The Morgan fingerprint density at radius 3 is 3.11 bits per heavy atom. The molecule has 0 bridgehead atoms. The molecule has 1 atom stereocenters. The quantitative estimate of drug-likeness (QED) is 0.648. The Bertz CT molecular complexity index is 444. The van der Waals surface area contributed by atoms with Gasteiger partial charge in [-0.25, -0.2) is 0 Å². The molecule has 6 heteroatoms. The first kappa shape index (κ1) is 13.6. The molecule has 1 unspecified atom stereocenters. The van der Waals surface area contributed by atoms with Gasteiger partial charge in [0.25, 0.3) is 5.91 Å². The molecule has 0 aliphatic carbocycles. The van der Waals surface area contributed by atoms with Crippen LogP contribution in [0.2, 0.25) is 0 Å². The summed E-state index contributed by atoms with van der Waals surface area (Å²) in [7, 11) is 0. The Balaban J connectivity index is 1.73. The highest BCUT2D eigenvalue weighted by Gasteiger charge is 2.32. The molecule has 1 saturated heterocycles. The van der Waals surface area contributed by atoms with E-state index in [1.54, 1.807) is 24.3 Å². The van der Waals surface area contributed by atoms with Crippen LogP contribution >= 0.6 is 0 Å². The Morgan fingerprint density at radius 1 is 1.58 bits per heavy atom. The molecule has 1 amide bonds. The lowest BCUT2D eigenvalue weighted by Gasteiger charge is -2.20. The molecule has 1 fully saturated rings. The topological polar surface area (TPSA) is 93.8 Å². The Morgan fingerprint density at radius 2 is 2.42 bits per heavy atom. The lowest BCUT2D eigenvalue weighted by atomic mass is 10.0. The number of ether oxygens (including phenoxy) is 2. The minimum atomic E-state index is -0.952. The highest BCUT2D eigenvalue weighted by molar-refractivity contribution is 5.77. The molecule has 104 valence electrons. The smallest absolute Gasteiger partial charge is 0.258 e. The number of amides is 1. The molecule has 1 aliphatic rings. The summed E-state index contributed by atoms with van der Waals surface area (Å²) in [5, 5.41) is 12.6. The number of carbonyl (C=O) groups is 1. The van der Waals surface area contributed by atoms with E-state index in [0.29, 0.717) is 24.5 Å². The van der Waals surface area contributed by atoms with E-state index in [1.165, 1.54) is 0 Å². The highest BCUT2D eigenvalue weighted by Crippen LogP contribution is 2.17. The molecule has 2 rings (SSSR count). The van der Waals surface area contributed by atoms with Crippen LogP contribution in [0.3, 0.4) is 0 Å². The van der Waals surface area contributed by atoms with Gasteiger partial charge in [-0.15, -0.1) is 0 Å². The molecule has 1 heterocycles. The lowest BCUT2D eigenvalue weighted by molar-refractivity contribution is -0.124. The third-order valence-corrected chi connectivity index (χ3v) is 2.93. The third-order valence-electron chi connectivity index (χ3n) is 2.93. The highest BCUT2D eigenvalue weighted by atomic mass is 16.5. The van der Waals surface area contributed by atoms with E-state index in [1.807, 2.05) is 0 Å². The zero-order chi connectivity index (χ0) is 13.7. The van der Waals surface area contributed by atoms with Crippen LogP contribution in [0, 0.1) is 0 Å². The molecule has 0 spiro atoms. The number of hydrogen-bond donors (Lipinski definition) is 3. The molecular weight excluding hydrogens is 248 g/mol. The fourth-order valence-electron chi connectivity index (χ4n) is 1.80. The monoisotopic (exact) mass is 266 g/mol. The summed E-state index contributed by atoms with van der Waals surface area (Å²) in [6.07, 6.45) is 0.531. The van der Waals surface area contributed by atoms with Crippen molar-refractivity contribution in [3.8, 4) is 5.75 Å². The van der Waals surface area contributed by atoms with Crippen molar-refractivity contribution in [2.24, 2.45) is 0 Å². The van der Waals surface area contributed by atoms with Gasteiger partial charge in [-0.1, -0.05) is 6.07 Å². The molecule has 0 aromatic heterocycles. The maximum absolute atomic E-state index is 11.6. The molecule has 4 N–H and O–H groups in total. The maximum Gasteiger partial charge on any atom is 0.258 e. The second-order valence-electron chi connectivity index (χ2n) is 4.66. The second kappa shape index (κ2) is 5.90. The van der Waals surface area contributed by atoms with Crippen LogP contribution in [0.5, 0.6) is 5.75 Å². The molecule has 0 saturated carbocycles. The minimum Gasteiger partial charge on any atom is -0.484 e. The third kappa shape index (κ3) is 4.11. The molecule has 1 aliphatic heterocycles. The van der Waals surface area contributed by atoms with Crippen LogP contribution < -0.4 is 15.8 Å². The first-order valence-corrected chi connectivity index (χ1v) is 6.13. The predicted molar refractivity (Wildman–Crippen MR) is 69.7 cm³/mol. The van der Waals surface area contributed by atoms with Crippen molar-refractivity contribution in [2.75, 3.05) is 32.1 Å². The average molecular weight is 266 g/mol. The molecule has 1 aromatic carbocycles. The number of nitrogens with one attached hydrogen (secondary N) is 1. The summed E-state index contributed by atoms with van der Waals surface area (Å²) in [6, 6.07) is 6.86.